The van der Waals surface area contributed by atoms with Gasteiger partial charge in [0.2, 0.25) is 11.8 Å². The van der Waals surface area contributed by atoms with E-state index in [1.807, 2.05) is 34.7 Å². The molecule has 252 valence electrons. The molecule has 6 rings (SSSR count). The molecule has 2 heterocycles. The van der Waals surface area contributed by atoms with Gasteiger partial charge < -0.3 is 14.9 Å². The third-order valence-electron chi connectivity index (χ3n) is 10.0. The van der Waals surface area contributed by atoms with E-state index in [9.17, 15) is 14.7 Å². The molecule has 4 fully saturated rings. The zero-order chi connectivity index (χ0) is 33.2. The zero-order valence-corrected chi connectivity index (χ0v) is 32.5. The molecule has 2 atom stereocenters. The number of carbonyl (C=O) groups excluding carboxylic acids is 2. The largest absolute Gasteiger partial charge is 0.505 e. The molecule has 0 aromatic heterocycles. The number of benzene rings is 2. The Morgan fingerprint density at radius 1 is 0.848 bits per heavy atom. The van der Waals surface area contributed by atoms with Crippen molar-refractivity contribution in [1.29, 1.82) is 0 Å². The number of hydrogen-bond acceptors (Lipinski definition) is 4. The van der Waals surface area contributed by atoms with Crippen molar-refractivity contribution in [2.75, 3.05) is 13.1 Å². The maximum absolute atomic E-state index is 13.0. The highest BCUT2D eigenvalue weighted by Gasteiger charge is 2.49. The van der Waals surface area contributed by atoms with E-state index in [0.29, 0.717) is 42.7 Å². The summed E-state index contributed by atoms with van der Waals surface area (Å²) in [6, 6.07) is 8.05. The molecule has 2 saturated heterocycles. The number of rotatable bonds is 6. The van der Waals surface area contributed by atoms with Crippen LogP contribution in [0.1, 0.15) is 90.0 Å². The molecule has 46 heavy (non-hydrogen) atoms. The van der Waals surface area contributed by atoms with Crippen LogP contribution in [0.15, 0.2) is 29.2 Å². The SMILES string of the molecule is CC1(C)CN(C2CCCCC2)C(=O)C1Sc1ccc(Cl)cc1Cl.O=C1C(Cc2c(Cl)cc(I)c(O)c2Cl)CCN1C1CCCCC1. The average molecular weight is 841 g/mol. The zero-order valence-electron chi connectivity index (χ0n) is 26.5. The topological polar surface area (TPSA) is 60.9 Å². The Bertz CT molecular complexity index is 1430. The second kappa shape index (κ2) is 16.0. The van der Waals surface area contributed by atoms with Crippen LogP contribution in [0.25, 0.3) is 0 Å². The van der Waals surface area contributed by atoms with Gasteiger partial charge in [-0.05, 0) is 90.9 Å². The van der Waals surface area contributed by atoms with Crippen LogP contribution in [0.3, 0.4) is 0 Å². The van der Waals surface area contributed by atoms with Crippen molar-refractivity contribution in [2.24, 2.45) is 11.3 Å². The predicted molar refractivity (Wildman–Crippen MR) is 200 cm³/mol. The first-order valence-corrected chi connectivity index (χ1v) is 19.9. The fourth-order valence-electron chi connectivity index (χ4n) is 7.45. The molecular formula is C35H43Cl4IN2O3S. The number of thioether (sulfide) groups is 1. The van der Waals surface area contributed by atoms with E-state index in [1.54, 1.807) is 23.9 Å². The van der Waals surface area contributed by atoms with Crippen LogP contribution in [0.5, 0.6) is 5.75 Å². The van der Waals surface area contributed by atoms with Gasteiger partial charge in [-0.1, -0.05) is 98.8 Å². The van der Waals surface area contributed by atoms with Gasteiger partial charge in [-0.3, -0.25) is 9.59 Å². The Morgan fingerprint density at radius 3 is 2.07 bits per heavy atom. The van der Waals surface area contributed by atoms with E-state index in [-0.39, 0.29) is 39.2 Å². The Morgan fingerprint density at radius 2 is 1.46 bits per heavy atom. The first-order chi connectivity index (χ1) is 21.9. The normalized spacial score (nSPS) is 24.0. The van der Waals surface area contributed by atoms with Crippen LogP contribution < -0.4 is 0 Å². The minimum atomic E-state index is -0.0805. The second-order valence-electron chi connectivity index (χ2n) is 13.8. The summed E-state index contributed by atoms with van der Waals surface area (Å²) in [5.74, 6) is 0.479. The Hall–Kier alpha value is -0.580. The molecule has 5 nitrogen and oxygen atoms in total. The highest BCUT2D eigenvalue weighted by Crippen LogP contribution is 2.46. The van der Waals surface area contributed by atoms with E-state index in [0.717, 1.165) is 50.1 Å². The number of carbonyl (C=O) groups is 2. The molecule has 0 bridgehead atoms. The average Bonchev–Trinajstić information content (AvgIpc) is 3.51. The lowest BCUT2D eigenvalue weighted by atomic mass is 9.91. The maximum atomic E-state index is 13.0. The highest BCUT2D eigenvalue weighted by atomic mass is 127. The van der Waals surface area contributed by atoms with Crippen LogP contribution in [0.4, 0.5) is 0 Å². The van der Waals surface area contributed by atoms with Gasteiger partial charge in [0.05, 0.1) is 18.9 Å². The fraction of sp³-hybridized carbons (Fsp3) is 0.600. The van der Waals surface area contributed by atoms with Gasteiger partial charge in [0.1, 0.15) is 5.75 Å². The molecule has 11 heteroatoms. The summed E-state index contributed by atoms with van der Waals surface area (Å²) in [5.41, 5.74) is 0.636. The Balaban J connectivity index is 0.000000181. The van der Waals surface area contributed by atoms with E-state index in [4.69, 9.17) is 46.4 Å². The summed E-state index contributed by atoms with van der Waals surface area (Å²) in [4.78, 5) is 30.9. The molecule has 2 aromatic rings. The van der Waals surface area contributed by atoms with E-state index < -0.39 is 0 Å². The molecule has 2 aliphatic carbocycles. The van der Waals surface area contributed by atoms with Crippen molar-refractivity contribution in [3.8, 4) is 5.75 Å². The summed E-state index contributed by atoms with van der Waals surface area (Å²) in [7, 11) is 0. The van der Waals surface area contributed by atoms with Crippen molar-refractivity contribution in [3.05, 3.63) is 53.5 Å². The van der Waals surface area contributed by atoms with Crippen molar-refractivity contribution in [2.45, 2.75) is 113 Å². The number of halogens is 5. The van der Waals surface area contributed by atoms with Crippen molar-refractivity contribution < 1.29 is 14.7 Å². The molecule has 0 radical (unpaired) electrons. The van der Waals surface area contributed by atoms with Gasteiger partial charge in [-0.25, -0.2) is 0 Å². The Kier molecular flexibility index (Phi) is 12.7. The van der Waals surface area contributed by atoms with Crippen LogP contribution >= 0.6 is 80.8 Å². The minimum Gasteiger partial charge on any atom is -0.505 e. The molecule has 0 spiro atoms. The van der Waals surface area contributed by atoms with Crippen molar-refractivity contribution in [3.63, 3.8) is 0 Å². The van der Waals surface area contributed by atoms with Gasteiger partial charge in [-0.2, -0.15) is 0 Å². The van der Waals surface area contributed by atoms with Gasteiger partial charge in [-0.15, -0.1) is 11.8 Å². The van der Waals surface area contributed by atoms with E-state index in [1.165, 1.54) is 38.5 Å². The molecule has 2 aliphatic heterocycles. The molecule has 4 aliphatic rings. The summed E-state index contributed by atoms with van der Waals surface area (Å²) in [5, 5.41) is 12.0. The van der Waals surface area contributed by atoms with Crippen LogP contribution in [-0.4, -0.2) is 57.1 Å². The number of hydrogen-bond donors (Lipinski definition) is 1. The highest BCUT2D eigenvalue weighted by molar-refractivity contribution is 14.1. The predicted octanol–water partition coefficient (Wildman–Crippen LogP) is 10.7. The fourth-order valence-corrected chi connectivity index (χ4v) is 10.7. The van der Waals surface area contributed by atoms with E-state index >= 15 is 0 Å². The molecule has 2 aromatic carbocycles. The van der Waals surface area contributed by atoms with Gasteiger partial charge in [0, 0.05) is 51.4 Å². The number of amides is 2. The van der Waals surface area contributed by atoms with Crippen LogP contribution in [-0.2, 0) is 16.0 Å². The second-order valence-corrected chi connectivity index (χ2v) is 17.8. The maximum Gasteiger partial charge on any atom is 0.236 e. The number of phenols is 1. The van der Waals surface area contributed by atoms with Crippen molar-refractivity contribution in [1.82, 2.24) is 9.80 Å². The number of phenolic OH excluding ortho intramolecular Hbond substituents is 1. The molecular weight excluding hydrogens is 797 g/mol. The van der Waals surface area contributed by atoms with Crippen molar-refractivity contribution >= 4 is 92.6 Å². The third kappa shape index (κ3) is 8.40. The quantitative estimate of drug-likeness (QED) is 0.294. The summed E-state index contributed by atoms with van der Waals surface area (Å²) >= 11 is 28.4. The lowest BCUT2D eigenvalue weighted by Crippen LogP contribution is -2.39. The minimum absolute atomic E-state index is 0.0534. The molecule has 2 unspecified atom stereocenters. The number of aromatic hydroxyl groups is 1. The van der Waals surface area contributed by atoms with Gasteiger partial charge in [0.25, 0.3) is 0 Å². The summed E-state index contributed by atoms with van der Waals surface area (Å²) in [6.45, 7) is 6.06. The monoisotopic (exact) mass is 838 g/mol. The first kappa shape index (κ1) is 36.7. The number of likely N-dealkylation sites (tertiary alicyclic amines) is 2. The molecule has 1 N–H and O–H groups in total. The van der Waals surface area contributed by atoms with Crippen LogP contribution in [0, 0.1) is 14.9 Å². The smallest absolute Gasteiger partial charge is 0.236 e. The summed E-state index contributed by atoms with van der Waals surface area (Å²) < 4.78 is 0.628. The first-order valence-electron chi connectivity index (χ1n) is 16.5. The standard InChI is InChI=1S/C18H23Cl2NOS.C17H20Cl2INO2/c1-18(2)11-21(13-6-4-3-5-7-13)17(22)16(18)23-15-9-8-12(19)10-14(15)20;18-13-9-14(20)16(22)15(19)12(13)8-10-6-7-21(17(10)23)11-4-2-1-3-5-11/h8-10,13,16H,3-7,11H2,1-2H3;9-11,22H,1-8H2. The number of nitrogens with zero attached hydrogens (tertiary/aromatic N) is 2. The van der Waals surface area contributed by atoms with Gasteiger partial charge >= 0.3 is 0 Å². The lowest BCUT2D eigenvalue weighted by molar-refractivity contribution is -0.133. The molecule has 2 saturated carbocycles. The Labute approximate surface area is 311 Å². The third-order valence-corrected chi connectivity index (χ3v) is 13.9. The lowest BCUT2D eigenvalue weighted by Gasteiger charge is -2.32. The van der Waals surface area contributed by atoms with Crippen LogP contribution in [0.2, 0.25) is 20.1 Å². The van der Waals surface area contributed by atoms with E-state index in [2.05, 4.69) is 23.6 Å². The molecule has 2 amide bonds. The summed E-state index contributed by atoms with van der Waals surface area (Å²) in [6.07, 6.45) is 13.4. The van der Waals surface area contributed by atoms with Gasteiger partial charge in [0.15, 0.2) is 0 Å².